The molecule has 2 aromatic rings. The van der Waals surface area contributed by atoms with Gasteiger partial charge in [0.25, 0.3) is 0 Å². The Hall–Kier alpha value is -1.83. The number of hydrogen-bond donors (Lipinski definition) is 1. The summed E-state index contributed by atoms with van der Waals surface area (Å²) in [6.07, 6.45) is 4.26. The normalized spacial score (nSPS) is 22.2. The van der Waals surface area contributed by atoms with Crippen molar-refractivity contribution >= 4 is 35.8 Å². The molecule has 5 nitrogen and oxygen atoms in total. The molecule has 1 aliphatic carbocycles. The molecule has 2 aliphatic rings. The number of anilines is 1. The molecule has 2 fully saturated rings. The molecule has 2 heterocycles. The van der Waals surface area contributed by atoms with Crippen molar-refractivity contribution in [3.8, 4) is 0 Å². The zero-order valence-corrected chi connectivity index (χ0v) is 18.1. The van der Waals surface area contributed by atoms with E-state index in [1.165, 1.54) is 12.0 Å². The maximum absolute atomic E-state index is 4.53. The molecule has 6 heteroatoms. The van der Waals surface area contributed by atoms with Crippen LogP contribution in [0.3, 0.4) is 0 Å². The monoisotopic (exact) mass is 477 g/mol. The number of halogens is 1. The molecular formula is C21H28IN5. The van der Waals surface area contributed by atoms with Gasteiger partial charge in [-0.3, -0.25) is 4.99 Å². The molecular weight excluding hydrogens is 449 g/mol. The van der Waals surface area contributed by atoms with Gasteiger partial charge in [-0.15, -0.1) is 24.0 Å². The highest BCUT2D eigenvalue weighted by Gasteiger charge is 2.38. The molecule has 0 spiro atoms. The topological polar surface area (TPSA) is 43.8 Å². The number of pyridine rings is 1. The molecule has 27 heavy (non-hydrogen) atoms. The summed E-state index contributed by atoms with van der Waals surface area (Å²) >= 11 is 0. The fourth-order valence-corrected chi connectivity index (χ4v) is 3.72. The third-order valence-corrected chi connectivity index (χ3v) is 5.34. The number of benzene rings is 1. The molecule has 0 bridgehead atoms. The van der Waals surface area contributed by atoms with Crippen molar-refractivity contribution in [2.75, 3.05) is 38.1 Å². The Kier molecular flexibility index (Phi) is 6.93. The molecule has 2 unspecified atom stereocenters. The minimum atomic E-state index is 0. The summed E-state index contributed by atoms with van der Waals surface area (Å²) in [5, 5.41) is 3.68. The van der Waals surface area contributed by atoms with Crippen molar-refractivity contribution < 1.29 is 0 Å². The molecule has 0 amide bonds. The third kappa shape index (κ3) is 5.12. The molecule has 1 aliphatic heterocycles. The van der Waals surface area contributed by atoms with E-state index in [-0.39, 0.29) is 24.0 Å². The Morgan fingerprint density at radius 1 is 1.07 bits per heavy atom. The summed E-state index contributed by atoms with van der Waals surface area (Å²) in [6, 6.07) is 17.4. The standard InChI is InChI=1S/C21H27N5.HI/c1-22-21(24-19-16-18(19)15-17-7-3-2-4-8-17)26-13-11-25(12-14-26)20-9-5-6-10-23-20;/h2-10,18-19H,11-16H2,1H3,(H,22,24);1H. The number of aliphatic imine (C=N–C) groups is 1. The highest BCUT2D eigenvalue weighted by atomic mass is 127. The van der Waals surface area contributed by atoms with Gasteiger partial charge in [0, 0.05) is 45.5 Å². The van der Waals surface area contributed by atoms with Gasteiger partial charge < -0.3 is 15.1 Å². The lowest BCUT2D eigenvalue weighted by Gasteiger charge is -2.37. The number of piperazine rings is 1. The van der Waals surface area contributed by atoms with Crippen LogP contribution < -0.4 is 10.2 Å². The minimum absolute atomic E-state index is 0. The number of guanidine groups is 1. The van der Waals surface area contributed by atoms with E-state index < -0.39 is 0 Å². The smallest absolute Gasteiger partial charge is 0.193 e. The van der Waals surface area contributed by atoms with Crippen LogP contribution in [0, 0.1) is 5.92 Å². The summed E-state index contributed by atoms with van der Waals surface area (Å²) in [6.45, 7) is 3.92. The Labute approximate surface area is 178 Å². The molecule has 4 rings (SSSR count). The first-order valence-corrected chi connectivity index (χ1v) is 9.51. The van der Waals surface area contributed by atoms with E-state index in [2.05, 4.69) is 67.6 Å². The first-order chi connectivity index (χ1) is 12.8. The van der Waals surface area contributed by atoms with E-state index in [9.17, 15) is 0 Å². The van der Waals surface area contributed by atoms with Crippen LogP contribution in [0.5, 0.6) is 0 Å². The van der Waals surface area contributed by atoms with Crippen LogP contribution in [-0.2, 0) is 6.42 Å². The maximum Gasteiger partial charge on any atom is 0.193 e. The van der Waals surface area contributed by atoms with E-state index in [0.717, 1.165) is 50.3 Å². The molecule has 0 radical (unpaired) electrons. The van der Waals surface area contributed by atoms with Gasteiger partial charge in [0.1, 0.15) is 5.82 Å². The second-order valence-corrected chi connectivity index (χ2v) is 7.15. The Morgan fingerprint density at radius 2 is 1.81 bits per heavy atom. The maximum atomic E-state index is 4.53. The fraction of sp³-hybridized carbons (Fsp3) is 0.429. The predicted octanol–water partition coefficient (Wildman–Crippen LogP) is 3.03. The van der Waals surface area contributed by atoms with Crippen molar-refractivity contribution in [3.05, 3.63) is 60.3 Å². The number of rotatable bonds is 4. The highest BCUT2D eigenvalue weighted by Crippen LogP contribution is 2.34. The van der Waals surface area contributed by atoms with Gasteiger partial charge in [0.05, 0.1) is 0 Å². The molecule has 1 aromatic heterocycles. The second kappa shape index (κ2) is 9.39. The van der Waals surface area contributed by atoms with E-state index in [1.54, 1.807) is 0 Å². The Balaban J connectivity index is 0.00000210. The van der Waals surface area contributed by atoms with Crippen LogP contribution in [0.15, 0.2) is 59.7 Å². The van der Waals surface area contributed by atoms with E-state index in [0.29, 0.717) is 6.04 Å². The average Bonchev–Trinajstić information content (AvgIpc) is 3.45. The largest absolute Gasteiger partial charge is 0.353 e. The number of nitrogens with one attached hydrogen (secondary N) is 1. The Bertz CT molecular complexity index is 729. The summed E-state index contributed by atoms with van der Waals surface area (Å²) in [7, 11) is 1.89. The average molecular weight is 477 g/mol. The zero-order chi connectivity index (χ0) is 17.8. The molecule has 1 saturated heterocycles. The van der Waals surface area contributed by atoms with E-state index >= 15 is 0 Å². The van der Waals surface area contributed by atoms with Crippen LogP contribution in [0.4, 0.5) is 5.82 Å². The third-order valence-electron chi connectivity index (χ3n) is 5.34. The highest BCUT2D eigenvalue weighted by molar-refractivity contribution is 14.0. The van der Waals surface area contributed by atoms with Gasteiger partial charge in [-0.05, 0) is 36.5 Å². The first kappa shape index (κ1) is 19.9. The molecule has 1 aromatic carbocycles. The molecule has 1 saturated carbocycles. The van der Waals surface area contributed by atoms with E-state index in [1.807, 2.05) is 19.3 Å². The number of nitrogens with zero attached hydrogens (tertiary/aromatic N) is 4. The van der Waals surface area contributed by atoms with Crippen LogP contribution in [-0.4, -0.2) is 55.1 Å². The van der Waals surface area contributed by atoms with Crippen molar-refractivity contribution in [1.29, 1.82) is 0 Å². The van der Waals surface area contributed by atoms with Crippen LogP contribution in [0.1, 0.15) is 12.0 Å². The van der Waals surface area contributed by atoms with Gasteiger partial charge in [0.15, 0.2) is 5.96 Å². The van der Waals surface area contributed by atoms with Crippen LogP contribution >= 0.6 is 24.0 Å². The quantitative estimate of drug-likeness (QED) is 0.418. The first-order valence-electron chi connectivity index (χ1n) is 9.51. The van der Waals surface area contributed by atoms with Crippen molar-refractivity contribution in [2.45, 2.75) is 18.9 Å². The lowest BCUT2D eigenvalue weighted by atomic mass is 10.1. The van der Waals surface area contributed by atoms with Crippen LogP contribution in [0.25, 0.3) is 0 Å². The van der Waals surface area contributed by atoms with Gasteiger partial charge >= 0.3 is 0 Å². The molecule has 2 atom stereocenters. The Morgan fingerprint density at radius 3 is 2.48 bits per heavy atom. The summed E-state index contributed by atoms with van der Waals surface area (Å²) < 4.78 is 0. The van der Waals surface area contributed by atoms with Crippen molar-refractivity contribution in [1.82, 2.24) is 15.2 Å². The summed E-state index contributed by atoms with van der Waals surface area (Å²) in [5.41, 5.74) is 1.43. The molecule has 1 N–H and O–H groups in total. The molecule has 144 valence electrons. The minimum Gasteiger partial charge on any atom is -0.353 e. The van der Waals surface area contributed by atoms with Crippen LogP contribution in [0.2, 0.25) is 0 Å². The van der Waals surface area contributed by atoms with Gasteiger partial charge in [-0.2, -0.15) is 0 Å². The zero-order valence-electron chi connectivity index (χ0n) is 15.8. The predicted molar refractivity (Wildman–Crippen MR) is 122 cm³/mol. The SMILES string of the molecule is CN=C(NC1CC1Cc1ccccc1)N1CCN(c2ccccn2)CC1.I. The van der Waals surface area contributed by atoms with Gasteiger partial charge in [-0.1, -0.05) is 36.4 Å². The van der Waals surface area contributed by atoms with Crippen molar-refractivity contribution in [2.24, 2.45) is 10.9 Å². The summed E-state index contributed by atoms with van der Waals surface area (Å²) in [4.78, 5) is 13.7. The number of hydrogen-bond acceptors (Lipinski definition) is 3. The second-order valence-electron chi connectivity index (χ2n) is 7.15. The van der Waals surface area contributed by atoms with Gasteiger partial charge in [-0.25, -0.2) is 4.98 Å². The lowest BCUT2D eigenvalue weighted by molar-refractivity contribution is 0.370. The summed E-state index contributed by atoms with van der Waals surface area (Å²) in [5.74, 6) is 2.84. The van der Waals surface area contributed by atoms with Crippen molar-refractivity contribution in [3.63, 3.8) is 0 Å². The number of aromatic nitrogens is 1. The fourth-order valence-electron chi connectivity index (χ4n) is 3.72. The van der Waals surface area contributed by atoms with E-state index in [4.69, 9.17) is 0 Å². The lowest BCUT2D eigenvalue weighted by Crippen LogP contribution is -2.53. The van der Waals surface area contributed by atoms with Gasteiger partial charge in [0.2, 0.25) is 0 Å².